The van der Waals surface area contributed by atoms with E-state index >= 15 is 0 Å². The molecule has 52 valence electrons. The maximum Gasteiger partial charge on any atom is 0.215 e. The first-order valence-electron chi connectivity index (χ1n) is 3.29. The highest BCUT2D eigenvalue weighted by Crippen LogP contribution is 2.10. The molecule has 0 aliphatic rings. The van der Waals surface area contributed by atoms with Crippen molar-refractivity contribution >= 4 is 11.3 Å². The lowest BCUT2D eigenvalue weighted by atomic mass is 10.3. The second-order valence-corrected chi connectivity index (χ2v) is 3.10. The number of rotatable bonds is 3. The van der Waals surface area contributed by atoms with Crippen LogP contribution < -0.4 is 0 Å². The van der Waals surface area contributed by atoms with Crippen molar-refractivity contribution in [3.8, 4) is 0 Å². The van der Waals surface area contributed by atoms with Crippen molar-refractivity contribution in [2.24, 2.45) is 0 Å². The van der Waals surface area contributed by atoms with Crippen LogP contribution in [0, 0.1) is 6.57 Å². The molecular formula is C8H9NS. The molecular weight excluding hydrogens is 142 g/mol. The molecule has 0 radical (unpaired) electrons. The molecule has 1 rings (SSSR count). The highest BCUT2D eigenvalue weighted by molar-refractivity contribution is 7.09. The van der Waals surface area contributed by atoms with Gasteiger partial charge in [0, 0.05) is 11.3 Å². The molecule has 0 unspecified atom stereocenters. The molecule has 10 heavy (non-hydrogen) atoms. The van der Waals surface area contributed by atoms with Crippen LogP contribution in [0.25, 0.3) is 4.85 Å². The molecule has 1 aromatic rings. The highest BCUT2D eigenvalue weighted by Gasteiger charge is 1.93. The van der Waals surface area contributed by atoms with Gasteiger partial charge in [0.15, 0.2) is 0 Å². The second-order valence-electron chi connectivity index (χ2n) is 2.06. The standard InChI is InChI=1S/C8H9NS/c1-9-6-2-4-8-5-3-7-10-8/h3,5,7H,2,4,6H2. The Hall–Kier alpha value is -0.810. The van der Waals surface area contributed by atoms with Gasteiger partial charge in [-0.15, -0.1) is 11.3 Å². The maximum atomic E-state index is 6.56. The van der Waals surface area contributed by atoms with E-state index in [1.807, 2.05) is 0 Å². The van der Waals surface area contributed by atoms with Crippen LogP contribution in [-0.4, -0.2) is 6.54 Å². The van der Waals surface area contributed by atoms with Gasteiger partial charge in [0.1, 0.15) is 0 Å². The van der Waals surface area contributed by atoms with Gasteiger partial charge in [-0.05, 0) is 17.9 Å². The summed E-state index contributed by atoms with van der Waals surface area (Å²) in [5.41, 5.74) is 0. The predicted molar refractivity (Wildman–Crippen MR) is 44.1 cm³/mol. The summed E-state index contributed by atoms with van der Waals surface area (Å²) >= 11 is 1.77. The third-order valence-corrected chi connectivity index (χ3v) is 2.21. The minimum absolute atomic E-state index is 0.665. The lowest BCUT2D eigenvalue weighted by molar-refractivity contribution is 0.907. The summed E-state index contributed by atoms with van der Waals surface area (Å²) in [6, 6.07) is 4.17. The van der Waals surface area contributed by atoms with E-state index in [1.165, 1.54) is 4.88 Å². The third-order valence-electron chi connectivity index (χ3n) is 1.27. The molecule has 0 amide bonds. The van der Waals surface area contributed by atoms with E-state index in [9.17, 15) is 0 Å². The summed E-state index contributed by atoms with van der Waals surface area (Å²) in [7, 11) is 0. The Morgan fingerprint density at radius 3 is 3.10 bits per heavy atom. The van der Waals surface area contributed by atoms with Crippen molar-refractivity contribution < 1.29 is 0 Å². The van der Waals surface area contributed by atoms with Gasteiger partial charge in [0.25, 0.3) is 0 Å². The molecule has 2 heteroatoms. The molecule has 0 aliphatic heterocycles. The number of hydrogen-bond acceptors (Lipinski definition) is 1. The summed E-state index contributed by atoms with van der Waals surface area (Å²) in [5, 5.41) is 2.08. The van der Waals surface area contributed by atoms with Crippen LogP contribution in [0.3, 0.4) is 0 Å². The number of aryl methyl sites for hydroxylation is 1. The Labute approximate surface area is 65.1 Å². The number of hydrogen-bond donors (Lipinski definition) is 0. The lowest BCUT2D eigenvalue weighted by Gasteiger charge is -1.87. The molecule has 0 saturated carbocycles. The Kier molecular flexibility index (Phi) is 2.98. The van der Waals surface area contributed by atoms with Crippen molar-refractivity contribution in [3.63, 3.8) is 0 Å². The topological polar surface area (TPSA) is 4.36 Å². The number of nitrogens with zero attached hydrogens (tertiary/aromatic N) is 1. The molecule has 0 fully saturated rings. The normalized spacial score (nSPS) is 9.10. The first-order chi connectivity index (χ1) is 4.93. The summed E-state index contributed by atoms with van der Waals surface area (Å²) in [6.07, 6.45) is 2.07. The van der Waals surface area contributed by atoms with E-state index in [1.54, 1.807) is 11.3 Å². The lowest BCUT2D eigenvalue weighted by Crippen LogP contribution is -1.81. The summed E-state index contributed by atoms with van der Waals surface area (Å²) in [4.78, 5) is 4.68. The summed E-state index contributed by atoms with van der Waals surface area (Å²) in [6.45, 7) is 7.22. The van der Waals surface area contributed by atoms with Gasteiger partial charge in [0.2, 0.25) is 6.54 Å². The van der Waals surface area contributed by atoms with E-state index in [4.69, 9.17) is 6.57 Å². The molecule has 0 aromatic carbocycles. The average molecular weight is 151 g/mol. The van der Waals surface area contributed by atoms with Gasteiger partial charge in [0.05, 0.1) is 0 Å². The van der Waals surface area contributed by atoms with Crippen molar-refractivity contribution in [2.45, 2.75) is 12.8 Å². The maximum absolute atomic E-state index is 6.56. The quantitative estimate of drug-likeness (QED) is 0.462. The molecule has 0 spiro atoms. The Balaban J connectivity index is 2.23. The van der Waals surface area contributed by atoms with E-state index in [0.29, 0.717) is 6.54 Å². The Morgan fingerprint density at radius 2 is 2.50 bits per heavy atom. The predicted octanol–water partition coefficient (Wildman–Crippen LogP) is 2.60. The van der Waals surface area contributed by atoms with Crippen LogP contribution in [0.2, 0.25) is 0 Å². The van der Waals surface area contributed by atoms with Gasteiger partial charge in [-0.1, -0.05) is 6.07 Å². The van der Waals surface area contributed by atoms with Crippen molar-refractivity contribution in [3.05, 3.63) is 33.8 Å². The molecule has 1 nitrogen and oxygen atoms in total. The first-order valence-corrected chi connectivity index (χ1v) is 4.17. The molecule has 0 saturated heterocycles. The molecule has 0 bridgehead atoms. The van der Waals surface area contributed by atoms with E-state index < -0.39 is 0 Å². The smallest absolute Gasteiger partial charge is 0.215 e. The Morgan fingerprint density at radius 1 is 1.60 bits per heavy atom. The zero-order chi connectivity index (χ0) is 7.23. The largest absolute Gasteiger partial charge is 0.317 e. The summed E-state index contributed by atoms with van der Waals surface area (Å²) < 4.78 is 0. The molecule has 0 aliphatic carbocycles. The minimum atomic E-state index is 0.665. The van der Waals surface area contributed by atoms with Crippen molar-refractivity contribution in [2.75, 3.05) is 6.54 Å². The first kappa shape index (κ1) is 7.30. The van der Waals surface area contributed by atoms with Gasteiger partial charge in [-0.25, -0.2) is 6.57 Å². The van der Waals surface area contributed by atoms with Gasteiger partial charge in [-0.3, -0.25) is 0 Å². The van der Waals surface area contributed by atoms with Crippen LogP contribution in [0.4, 0.5) is 0 Å². The molecule has 0 atom stereocenters. The van der Waals surface area contributed by atoms with Crippen LogP contribution in [-0.2, 0) is 6.42 Å². The van der Waals surface area contributed by atoms with Gasteiger partial charge >= 0.3 is 0 Å². The van der Waals surface area contributed by atoms with E-state index in [2.05, 4.69) is 22.4 Å². The zero-order valence-corrected chi connectivity index (χ0v) is 6.53. The van der Waals surface area contributed by atoms with Crippen molar-refractivity contribution in [1.29, 1.82) is 0 Å². The third kappa shape index (κ3) is 2.20. The minimum Gasteiger partial charge on any atom is -0.317 e. The number of thiophene rings is 1. The SMILES string of the molecule is [C-]#[N+]CCCc1cccs1. The Bertz CT molecular complexity index is 208. The second kappa shape index (κ2) is 4.08. The fraction of sp³-hybridized carbons (Fsp3) is 0.375. The summed E-state index contributed by atoms with van der Waals surface area (Å²) in [5.74, 6) is 0. The van der Waals surface area contributed by atoms with Crippen LogP contribution >= 0.6 is 11.3 Å². The highest BCUT2D eigenvalue weighted by atomic mass is 32.1. The fourth-order valence-electron chi connectivity index (χ4n) is 0.787. The van der Waals surface area contributed by atoms with E-state index in [-0.39, 0.29) is 0 Å². The molecule has 0 N–H and O–H groups in total. The fourth-order valence-corrected chi connectivity index (χ4v) is 1.54. The van der Waals surface area contributed by atoms with Crippen LogP contribution in [0.1, 0.15) is 11.3 Å². The van der Waals surface area contributed by atoms with Crippen molar-refractivity contribution in [1.82, 2.24) is 0 Å². The van der Waals surface area contributed by atoms with Gasteiger partial charge < -0.3 is 4.85 Å². The monoisotopic (exact) mass is 151 g/mol. The molecule has 1 heterocycles. The average Bonchev–Trinajstić information content (AvgIpc) is 2.41. The van der Waals surface area contributed by atoms with Crippen LogP contribution in [0.5, 0.6) is 0 Å². The van der Waals surface area contributed by atoms with Gasteiger partial charge in [-0.2, -0.15) is 0 Å². The van der Waals surface area contributed by atoms with Crippen LogP contribution in [0.15, 0.2) is 17.5 Å². The molecule has 1 aromatic heterocycles. The van der Waals surface area contributed by atoms with E-state index in [0.717, 1.165) is 12.8 Å². The zero-order valence-electron chi connectivity index (χ0n) is 5.71.